The Morgan fingerprint density at radius 3 is 3.00 bits per heavy atom. The highest BCUT2D eigenvalue weighted by Gasteiger charge is 2.29. The number of carbonyl (C=O) groups excluding carboxylic acids is 1. The fourth-order valence-corrected chi connectivity index (χ4v) is 2.70. The Morgan fingerprint density at radius 2 is 2.26 bits per heavy atom. The van der Waals surface area contributed by atoms with Gasteiger partial charge < -0.3 is 15.3 Å². The first-order valence-electron chi connectivity index (χ1n) is 7.58. The largest absolute Gasteiger partial charge is 0.387 e. The van der Waals surface area contributed by atoms with Crippen LogP contribution < -0.4 is 5.32 Å². The second-order valence-corrected chi connectivity index (χ2v) is 5.58. The van der Waals surface area contributed by atoms with E-state index in [1.807, 2.05) is 31.2 Å². The normalized spacial score (nSPS) is 17.3. The Labute approximate surface area is 134 Å². The van der Waals surface area contributed by atoms with Gasteiger partial charge in [-0.3, -0.25) is 4.79 Å². The van der Waals surface area contributed by atoms with E-state index in [1.54, 1.807) is 11.1 Å². The van der Waals surface area contributed by atoms with Crippen LogP contribution in [0, 0.1) is 6.92 Å². The molecule has 7 heteroatoms. The third-order valence-corrected chi connectivity index (χ3v) is 3.83. The van der Waals surface area contributed by atoms with Crippen LogP contribution in [0.1, 0.15) is 23.9 Å². The zero-order valence-corrected chi connectivity index (χ0v) is 12.9. The summed E-state index contributed by atoms with van der Waals surface area (Å²) in [4.78, 5) is 26.5. The topological polar surface area (TPSA) is 91.2 Å². The number of hydrogen-bond donors (Lipinski definition) is 2. The molecule has 1 aliphatic heterocycles. The number of rotatable bonds is 4. The van der Waals surface area contributed by atoms with Gasteiger partial charge >= 0.3 is 0 Å². The Balaban J connectivity index is 1.77. The Bertz CT molecular complexity index is 692. The lowest BCUT2D eigenvalue weighted by atomic mass is 10.1. The lowest BCUT2D eigenvalue weighted by Gasteiger charge is -2.15. The van der Waals surface area contributed by atoms with Crippen molar-refractivity contribution in [2.75, 3.05) is 25.0 Å². The number of likely N-dealkylation sites (tertiary alicyclic amines) is 1. The summed E-state index contributed by atoms with van der Waals surface area (Å²) in [6, 6.07) is 7.49. The molecule has 1 amide bonds. The minimum atomic E-state index is -0.451. The van der Waals surface area contributed by atoms with Crippen LogP contribution in [0.3, 0.4) is 0 Å². The van der Waals surface area contributed by atoms with Gasteiger partial charge in [0.05, 0.1) is 0 Å². The van der Waals surface area contributed by atoms with Crippen molar-refractivity contribution < 1.29 is 9.90 Å². The van der Waals surface area contributed by atoms with Gasteiger partial charge in [0.2, 0.25) is 5.91 Å². The highest BCUT2D eigenvalue weighted by atomic mass is 16.3. The molecule has 2 N–H and O–H groups in total. The second kappa shape index (κ2) is 6.70. The van der Waals surface area contributed by atoms with E-state index in [4.69, 9.17) is 5.11 Å². The monoisotopic (exact) mass is 313 g/mol. The molecule has 2 aromatic heterocycles. The average Bonchev–Trinajstić information content (AvgIpc) is 3.04. The molecule has 1 atom stereocenters. The van der Waals surface area contributed by atoms with Gasteiger partial charge in [-0.2, -0.15) is 0 Å². The van der Waals surface area contributed by atoms with E-state index in [-0.39, 0.29) is 11.8 Å². The number of aromatic nitrogens is 3. The van der Waals surface area contributed by atoms with E-state index in [1.165, 1.54) is 0 Å². The fourth-order valence-electron chi connectivity index (χ4n) is 2.70. The zero-order valence-electron chi connectivity index (χ0n) is 12.9. The van der Waals surface area contributed by atoms with Gasteiger partial charge in [-0.25, -0.2) is 15.0 Å². The van der Waals surface area contributed by atoms with Crippen LogP contribution in [0.15, 0.2) is 30.5 Å². The summed E-state index contributed by atoms with van der Waals surface area (Å²) in [6.45, 7) is 2.64. The van der Waals surface area contributed by atoms with Crippen molar-refractivity contribution >= 4 is 17.5 Å². The molecule has 0 unspecified atom stereocenters. The minimum Gasteiger partial charge on any atom is -0.387 e. The van der Waals surface area contributed by atoms with Crippen molar-refractivity contribution in [2.24, 2.45) is 0 Å². The molecule has 0 radical (unpaired) electrons. The number of aliphatic hydroxyl groups excluding tert-OH is 1. The Morgan fingerprint density at radius 1 is 1.39 bits per heavy atom. The van der Waals surface area contributed by atoms with Crippen molar-refractivity contribution in [3.63, 3.8) is 0 Å². The lowest BCUT2D eigenvalue weighted by Crippen LogP contribution is -2.30. The molecule has 0 aliphatic carbocycles. The summed E-state index contributed by atoms with van der Waals surface area (Å²) < 4.78 is 0. The maximum Gasteiger partial charge on any atom is 0.248 e. The van der Waals surface area contributed by atoms with E-state index in [0.29, 0.717) is 18.9 Å². The van der Waals surface area contributed by atoms with E-state index in [0.717, 1.165) is 23.8 Å². The van der Waals surface area contributed by atoms with Gasteiger partial charge in [0.25, 0.3) is 0 Å². The number of pyridine rings is 1. The molecule has 1 aliphatic rings. The number of nitrogens with zero attached hydrogens (tertiary/aromatic N) is 4. The number of anilines is 2. The molecule has 3 rings (SSSR count). The third kappa shape index (κ3) is 3.62. The van der Waals surface area contributed by atoms with Gasteiger partial charge in [-0.05, 0) is 25.5 Å². The third-order valence-electron chi connectivity index (χ3n) is 3.83. The van der Waals surface area contributed by atoms with Crippen LogP contribution in [0.4, 0.5) is 11.6 Å². The van der Waals surface area contributed by atoms with E-state index < -0.39 is 6.61 Å². The summed E-state index contributed by atoms with van der Waals surface area (Å²) in [7, 11) is 0. The van der Waals surface area contributed by atoms with Crippen molar-refractivity contribution in [1.82, 2.24) is 19.9 Å². The first-order valence-corrected chi connectivity index (χ1v) is 7.58. The minimum absolute atomic E-state index is 0.0923. The van der Waals surface area contributed by atoms with Crippen LogP contribution in [0.25, 0.3) is 0 Å². The van der Waals surface area contributed by atoms with Crippen LogP contribution in [0.5, 0.6) is 0 Å². The number of amides is 1. The number of aliphatic hydroxyl groups is 1. The quantitative estimate of drug-likeness (QED) is 0.882. The first-order chi connectivity index (χ1) is 11.2. The molecule has 0 aromatic carbocycles. The Hall–Kier alpha value is -2.54. The summed E-state index contributed by atoms with van der Waals surface area (Å²) >= 11 is 0. The van der Waals surface area contributed by atoms with Gasteiger partial charge in [0.1, 0.15) is 24.1 Å². The summed E-state index contributed by atoms with van der Waals surface area (Å²) in [5.74, 6) is 1.98. The Kier molecular flexibility index (Phi) is 4.47. The molecule has 0 saturated carbocycles. The van der Waals surface area contributed by atoms with Gasteiger partial charge in [-0.15, -0.1) is 0 Å². The van der Waals surface area contributed by atoms with Crippen molar-refractivity contribution in [3.05, 3.63) is 42.0 Å². The molecular weight excluding hydrogens is 294 g/mol. The van der Waals surface area contributed by atoms with Gasteiger partial charge in [0.15, 0.2) is 0 Å². The summed E-state index contributed by atoms with van der Waals surface area (Å²) in [6.07, 6.45) is 2.52. The van der Waals surface area contributed by atoms with Crippen molar-refractivity contribution in [3.8, 4) is 0 Å². The zero-order chi connectivity index (χ0) is 16.2. The molecule has 23 heavy (non-hydrogen) atoms. The molecular formula is C16H19N5O2. The van der Waals surface area contributed by atoms with Crippen LogP contribution in [-0.4, -0.2) is 50.6 Å². The van der Waals surface area contributed by atoms with Crippen LogP contribution >= 0.6 is 0 Å². The molecule has 120 valence electrons. The predicted molar refractivity (Wildman–Crippen MR) is 85.3 cm³/mol. The van der Waals surface area contributed by atoms with Gasteiger partial charge in [0, 0.05) is 37.0 Å². The SMILES string of the molecule is Cc1cc(Nc2ccccn2)nc([C@@H]2CCN(C(=O)CO)C2)n1. The maximum atomic E-state index is 11.6. The molecule has 1 fully saturated rings. The molecule has 3 heterocycles. The second-order valence-electron chi connectivity index (χ2n) is 5.58. The van der Waals surface area contributed by atoms with Crippen LogP contribution in [-0.2, 0) is 4.79 Å². The molecule has 2 aromatic rings. The number of nitrogens with one attached hydrogen (secondary N) is 1. The molecule has 1 saturated heterocycles. The highest BCUT2D eigenvalue weighted by Crippen LogP contribution is 2.26. The summed E-state index contributed by atoms with van der Waals surface area (Å²) in [5, 5.41) is 12.1. The van der Waals surface area contributed by atoms with Gasteiger partial charge in [-0.1, -0.05) is 6.07 Å². The van der Waals surface area contributed by atoms with E-state index in [2.05, 4.69) is 20.3 Å². The summed E-state index contributed by atoms with van der Waals surface area (Å²) in [5.41, 5.74) is 0.861. The lowest BCUT2D eigenvalue weighted by molar-refractivity contribution is -0.133. The molecule has 0 bridgehead atoms. The standard InChI is InChI=1S/C16H19N5O2/c1-11-8-14(19-13-4-2-3-6-17-13)20-16(18-11)12-5-7-21(9-12)15(23)10-22/h2-4,6,8,12,22H,5,7,9-10H2,1H3,(H,17,18,19,20)/t12-/m1/s1. The van der Waals surface area contributed by atoms with Crippen molar-refractivity contribution in [2.45, 2.75) is 19.3 Å². The highest BCUT2D eigenvalue weighted by molar-refractivity contribution is 5.77. The van der Waals surface area contributed by atoms with Crippen molar-refractivity contribution in [1.29, 1.82) is 0 Å². The number of carbonyl (C=O) groups is 1. The smallest absolute Gasteiger partial charge is 0.248 e. The first kappa shape index (κ1) is 15.4. The maximum absolute atomic E-state index is 11.6. The van der Waals surface area contributed by atoms with E-state index >= 15 is 0 Å². The van der Waals surface area contributed by atoms with Crippen LogP contribution in [0.2, 0.25) is 0 Å². The molecule has 7 nitrogen and oxygen atoms in total. The fraction of sp³-hybridized carbons (Fsp3) is 0.375. The average molecular weight is 313 g/mol. The van der Waals surface area contributed by atoms with E-state index in [9.17, 15) is 4.79 Å². The number of hydrogen-bond acceptors (Lipinski definition) is 6. The molecule has 0 spiro atoms. The number of aryl methyl sites for hydroxylation is 1. The predicted octanol–water partition coefficient (Wildman–Crippen LogP) is 1.23.